The van der Waals surface area contributed by atoms with Crippen LogP contribution in [0.2, 0.25) is 10.2 Å². The van der Waals surface area contributed by atoms with Crippen molar-refractivity contribution in [1.29, 1.82) is 0 Å². The zero-order valence-corrected chi connectivity index (χ0v) is 19.6. The van der Waals surface area contributed by atoms with Gasteiger partial charge in [-0.1, -0.05) is 23.2 Å². The lowest BCUT2D eigenvalue weighted by Crippen LogP contribution is -2.55. The van der Waals surface area contributed by atoms with Crippen molar-refractivity contribution < 1.29 is 18.3 Å². The second-order valence-corrected chi connectivity index (χ2v) is 10.5. The molecule has 32 heavy (non-hydrogen) atoms. The number of nitrogens with zero attached hydrogens (tertiary/aromatic N) is 4. The molecule has 7 nitrogen and oxygen atoms in total. The molecule has 4 aliphatic rings. The largest absolute Gasteiger partial charge is 0.489 e. The number of carbonyl (C=O) groups excluding carboxylic acids is 1. The maximum Gasteiger partial charge on any atom is 0.261 e. The molecule has 11 heteroatoms. The third-order valence-electron chi connectivity index (χ3n) is 7.11. The summed E-state index contributed by atoms with van der Waals surface area (Å²) in [6, 6.07) is -0.184. The molecule has 0 aliphatic carbocycles. The highest BCUT2D eigenvalue weighted by molar-refractivity contribution is 6.42. The number of amides is 1. The number of fused-ring (bicyclic) bond motifs is 2. The summed E-state index contributed by atoms with van der Waals surface area (Å²) < 4.78 is 33.8. The number of alkyl halides is 2. The van der Waals surface area contributed by atoms with Gasteiger partial charge >= 0.3 is 0 Å². The van der Waals surface area contributed by atoms with Crippen LogP contribution in [-0.4, -0.2) is 90.1 Å². The number of nitrogens with one attached hydrogen (secondary N) is 1. The minimum atomic E-state index is -2.66. The van der Waals surface area contributed by atoms with Gasteiger partial charge in [-0.05, 0) is 20.3 Å². The fraction of sp³-hybridized carbons (Fsp3) is 0.714. The van der Waals surface area contributed by atoms with E-state index in [1.807, 2.05) is 23.6 Å². The number of rotatable bonds is 2. The molecule has 1 N–H and O–H groups in total. The first-order valence-corrected chi connectivity index (χ1v) is 11.8. The summed E-state index contributed by atoms with van der Waals surface area (Å²) >= 11 is 12.8. The van der Waals surface area contributed by atoms with E-state index < -0.39 is 11.5 Å². The van der Waals surface area contributed by atoms with Crippen LogP contribution in [0.15, 0.2) is 0 Å². The Hall–Kier alpha value is -1.42. The number of carbonyl (C=O) groups is 1. The maximum atomic E-state index is 13.9. The molecule has 0 radical (unpaired) electrons. The van der Waals surface area contributed by atoms with Gasteiger partial charge in [0.2, 0.25) is 0 Å². The van der Waals surface area contributed by atoms with E-state index in [9.17, 15) is 13.6 Å². The van der Waals surface area contributed by atoms with Gasteiger partial charge in [-0.25, -0.2) is 13.8 Å². The van der Waals surface area contributed by atoms with E-state index in [4.69, 9.17) is 27.9 Å². The summed E-state index contributed by atoms with van der Waals surface area (Å²) in [6.45, 7) is 6.86. The molecule has 1 aromatic rings. The first kappa shape index (κ1) is 22.4. The van der Waals surface area contributed by atoms with Crippen molar-refractivity contribution in [2.45, 2.75) is 50.2 Å². The van der Waals surface area contributed by atoms with E-state index in [0.717, 1.165) is 0 Å². The molecule has 3 fully saturated rings. The summed E-state index contributed by atoms with van der Waals surface area (Å²) in [5.41, 5.74) is -0.111. The van der Waals surface area contributed by atoms with E-state index in [-0.39, 0.29) is 46.9 Å². The molecule has 0 spiro atoms. The Labute approximate surface area is 196 Å². The Morgan fingerprint density at radius 3 is 2.72 bits per heavy atom. The number of piperazine rings is 1. The number of aromatic nitrogens is 1. The summed E-state index contributed by atoms with van der Waals surface area (Å²) in [5, 5.41) is 3.48. The zero-order chi connectivity index (χ0) is 22.8. The topological polar surface area (TPSA) is 60.9 Å². The van der Waals surface area contributed by atoms with E-state index in [1.54, 1.807) is 4.90 Å². The van der Waals surface area contributed by atoms with Gasteiger partial charge in [-0.3, -0.25) is 9.69 Å². The van der Waals surface area contributed by atoms with E-state index in [2.05, 4.69) is 10.3 Å². The zero-order valence-electron chi connectivity index (χ0n) is 18.1. The number of hydrogen-bond acceptors (Lipinski definition) is 6. The molecule has 1 amide bonds. The highest BCUT2D eigenvalue weighted by Crippen LogP contribution is 2.46. The average Bonchev–Trinajstić information content (AvgIpc) is 3.21. The Balaban J connectivity index is 1.54. The molecule has 3 saturated heterocycles. The maximum absolute atomic E-state index is 13.9. The van der Waals surface area contributed by atoms with Crippen LogP contribution in [0.4, 0.5) is 14.6 Å². The lowest BCUT2D eigenvalue weighted by molar-refractivity contribution is 0.00826. The normalized spacial score (nSPS) is 29.5. The number of anilines is 1. The van der Waals surface area contributed by atoms with Crippen LogP contribution in [0.5, 0.6) is 5.75 Å². The van der Waals surface area contributed by atoms with Gasteiger partial charge < -0.3 is 19.9 Å². The van der Waals surface area contributed by atoms with Crippen LogP contribution in [0, 0.1) is 0 Å². The third kappa shape index (κ3) is 3.71. The Morgan fingerprint density at radius 2 is 2.00 bits per heavy atom. The van der Waals surface area contributed by atoms with Gasteiger partial charge in [0.1, 0.15) is 23.0 Å². The number of likely N-dealkylation sites (tertiary alicyclic amines) is 1. The van der Waals surface area contributed by atoms with Gasteiger partial charge in [0.15, 0.2) is 10.9 Å². The molecule has 5 rings (SSSR count). The molecule has 4 aliphatic heterocycles. The molecular weight excluding hydrogens is 463 g/mol. The molecule has 5 heterocycles. The van der Waals surface area contributed by atoms with E-state index in [1.165, 1.54) is 0 Å². The van der Waals surface area contributed by atoms with Crippen LogP contribution in [0.3, 0.4) is 0 Å². The monoisotopic (exact) mass is 489 g/mol. The van der Waals surface area contributed by atoms with Crippen LogP contribution in [0.1, 0.15) is 37.0 Å². The standard InChI is InChI=1S/C21H27Cl2F2N5O2/c1-20(2)7-12(28-5-3-21(24,25)11-28)9-30(20)18-14-16(15(22)17(23)27-18)32-10-13-8-26-4-6-29(13)19(14)31/h12-13,26H,3-11H2,1-2H3/t12?,13-/m1/s1. The predicted molar refractivity (Wildman–Crippen MR) is 118 cm³/mol. The SMILES string of the molecule is CC1(C)CC(N2CCC(F)(F)C2)CN1c1nc(Cl)c(Cl)c2c1C(=O)N1CCNC[C@@H]1CO2. The lowest BCUT2D eigenvalue weighted by Gasteiger charge is -2.36. The number of hydrogen-bond donors (Lipinski definition) is 1. The Morgan fingerprint density at radius 1 is 1.22 bits per heavy atom. The van der Waals surface area contributed by atoms with Crippen LogP contribution in [0.25, 0.3) is 0 Å². The highest BCUT2D eigenvalue weighted by atomic mass is 35.5. The van der Waals surface area contributed by atoms with Crippen molar-refractivity contribution in [2.24, 2.45) is 0 Å². The molecule has 0 saturated carbocycles. The first-order chi connectivity index (χ1) is 15.1. The van der Waals surface area contributed by atoms with Crippen molar-refractivity contribution in [3.63, 3.8) is 0 Å². The lowest BCUT2D eigenvalue weighted by atomic mass is 9.99. The van der Waals surface area contributed by atoms with Gasteiger partial charge in [-0.2, -0.15) is 0 Å². The van der Waals surface area contributed by atoms with Crippen molar-refractivity contribution in [3.05, 3.63) is 15.7 Å². The van der Waals surface area contributed by atoms with Gasteiger partial charge in [0.05, 0.1) is 12.6 Å². The molecule has 176 valence electrons. The Kier molecular flexibility index (Phi) is 5.47. The van der Waals surface area contributed by atoms with Gasteiger partial charge in [0.25, 0.3) is 11.8 Å². The predicted octanol–water partition coefficient (Wildman–Crippen LogP) is 2.89. The molecule has 0 bridgehead atoms. The van der Waals surface area contributed by atoms with Crippen molar-refractivity contribution in [3.8, 4) is 5.75 Å². The molecule has 1 unspecified atom stereocenters. The molecular formula is C21H27Cl2F2N5O2. The van der Waals surface area contributed by atoms with Crippen molar-refractivity contribution >= 4 is 34.9 Å². The highest BCUT2D eigenvalue weighted by Gasteiger charge is 2.49. The summed E-state index contributed by atoms with van der Waals surface area (Å²) in [7, 11) is 0. The number of halogens is 4. The summed E-state index contributed by atoms with van der Waals surface area (Å²) in [5.74, 6) is -2.17. The van der Waals surface area contributed by atoms with Crippen LogP contribution >= 0.6 is 23.2 Å². The fourth-order valence-corrected chi connectivity index (χ4v) is 5.79. The first-order valence-electron chi connectivity index (χ1n) is 11.0. The number of pyridine rings is 1. The fourth-order valence-electron chi connectivity index (χ4n) is 5.43. The Bertz CT molecular complexity index is 947. The smallest absolute Gasteiger partial charge is 0.261 e. The summed E-state index contributed by atoms with van der Waals surface area (Å²) in [4.78, 5) is 23.9. The molecule has 2 atom stereocenters. The minimum absolute atomic E-state index is 0.0677. The van der Waals surface area contributed by atoms with Crippen LogP contribution < -0.4 is 15.0 Å². The number of ether oxygens (including phenoxy) is 1. The second-order valence-electron chi connectivity index (χ2n) is 9.77. The van der Waals surface area contributed by atoms with Gasteiger partial charge in [0, 0.05) is 50.7 Å². The van der Waals surface area contributed by atoms with Crippen molar-refractivity contribution in [2.75, 3.05) is 50.8 Å². The van der Waals surface area contributed by atoms with E-state index >= 15 is 0 Å². The molecule has 0 aromatic carbocycles. The van der Waals surface area contributed by atoms with Gasteiger partial charge in [-0.15, -0.1) is 0 Å². The van der Waals surface area contributed by atoms with E-state index in [0.29, 0.717) is 57.1 Å². The van der Waals surface area contributed by atoms with Crippen LogP contribution in [-0.2, 0) is 0 Å². The van der Waals surface area contributed by atoms with Crippen molar-refractivity contribution in [1.82, 2.24) is 20.1 Å². The molecule has 1 aromatic heterocycles. The quantitative estimate of drug-likeness (QED) is 0.644. The summed E-state index contributed by atoms with van der Waals surface area (Å²) in [6.07, 6.45) is 0.548. The average molecular weight is 490 g/mol. The third-order valence-corrected chi connectivity index (χ3v) is 7.83. The minimum Gasteiger partial charge on any atom is -0.489 e. The second kappa shape index (κ2) is 7.82.